The van der Waals surface area contributed by atoms with Crippen LogP contribution in [0.1, 0.15) is 32.1 Å². The normalized spacial score (nSPS) is 17.4. The number of ether oxygens (including phenoxy) is 1. The second-order valence-electron chi connectivity index (χ2n) is 4.86. The minimum absolute atomic E-state index is 0.158. The third kappa shape index (κ3) is 3.01. The van der Waals surface area contributed by atoms with Gasteiger partial charge in [-0.25, -0.2) is 0 Å². The quantitative estimate of drug-likeness (QED) is 0.861. The molecule has 1 amide bonds. The number of anilines is 1. The Morgan fingerprint density at radius 2 is 2.06 bits per heavy atom. The highest BCUT2D eigenvalue weighted by Crippen LogP contribution is 2.33. The van der Waals surface area contributed by atoms with Crippen molar-refractivity contribution in [3.05, 3.63) is 24.3 Å². The van der Waals surface area contributed by atoms with Crippen LogP contribution in [0.25, 0.3) is 0 Å². The summed E-state index contributed by atoms with van der Waals surface area (Å²) >= 11 is 0. The van der Waals surface area contributed by atoms with Gasteiger partial charge in [0.25, 0.3) is 0 Å². The number of para-hydroxylation sites is 2. The summed E-state index contributed by atoms with van der Waals surface area (Å²) in [6.07, 6.45) is 3.58. The van der Waals surface area contributed by atoms with Gasteiger partial charge in [0.1, 0.15) is 5.75 Å². The Kier molecular flexibility index (Phi) is 3.87. The first-order valence-electron chi connectivity index (χ1n) is 6.28. The first-order chi connectivity index (χ1) is 8.63. The molecule has 2 rings (SSSR count). The predicted molar refractivity (Wildman–Crippen MR) is 69.7 cm³/mol. The number of benzene rings is 1. The third-order valence-corrected chi connectivity index (χ3v) is 3.40. The van der Waals surface area contributed by atoms with Gasteiger partial charge in [0.15, 0.2) is 0 Å². The molecule has 2 N–H and O–H groups in total. The van der Waals surface area contributed by atoms with Crippen molar-refractivity contribution in [1.82, 2.24) is 0 Å². The van der Waals surface area contributed by atoms with Crippen LogP contribution in [0.15, 0.2) is 24.3 Å². The van der Waals surface area contributed by atoms with Gasteiger partial charge < -0.3 is 15.2 Å². The first-order valence-corrected chi connectivity index (χ1v) is 6.28. The number of rotatable bonds is 4. The second kappa shape index (κ2) is 5.40. The molecule has 0 aliphatic heterocycles. The molecule has 1 saturated carbocycles. The molecule has 1 fully saturated rings. The summed E-state index contributed by atoms with van der Waals surface area (Å²) in [4.78, 5) is 11.9. The third-order valence-electron chi connectivity index (χ3n) is 3.40. The van der Waals surface area contributed by atoms with Crippen molar-refractivity contribution >= 4 is 11.6 Å². The smallest absolute Gasteiger partial charge is 0.227 e. The molecule has 0 saturated heterocycles. The zero-order chi connectivity index (χ0) is 13.0. The SMILES string of the molecule is COc1ccccc1NC(=O)CC1(O)CCCC1. The molecule has 0 atom stereocenters. The molecule has 1 aromatic rings. The van der Waals surface area contributed by atoms with Gasteiger partial charge in [-0.3, -0.25) is 4.79 Å². The lowest BCUT2D eigenvalue weighted by atomic mass is 9.97. The number of methoxy groups -OCH3 is 1. The number of carbonyl (C=O) groups excluding carboxylic acids is 1. The highest BCUT2D eigenvalue weighted by molar-refractivity contribution is 5.92. The fourth-order valence-corrected chi connectivity index (χ4v) is 2.45. The van der Waals surface area contributed by atoms with Gasteiger partial charge in [-0.05, 0) is 25.0 Å². The van der Waals surface area contributed by atoms with Crippen LogP contribution in [0.4, 0.5) is 5.69 Å². The van der Waals surface area contributed by atoms with Crippen molar-refractivity contribution < 1.29 is 14.6 Å². The van der Waals surface area contributed by atoms with E-state index in [9.17, 15) is 9.90 Å². The van der Waals surface area contributed by atoms with E-state index in [1.54, 1.807) is 19.2 Å². The molecule has 4 heteroatoms. The Bertz CT molecular complexity index is 425. The average Bonchev–Trinajstić information content (AvgIpc) is 2.76. The molecule has 1 aliphatic rings. The number of amides is 1. The van der Waals surface area contributed by atoms with Crippen LogP contribution >= 0.6 is 0 Å². The standard InChI is InChI=1S/C14H19NO3/c1-18-12-7-3-2-6-11(12)15-13(16)10-14(17)8-4-5-9-14/h2-3,6-7,17H,4-5,8-10H2,1H3,(H,15,16). The van der Waals surface area contributed by atoms with E-state index in [1.807, 2.05) is 12.1 Å². The summed E-state index contributed by atoms with van der Waals surface area (Å²) in [5.41, 5.74) is -0.168. The van der Waals surface area contributed by atoms with E-state index < -0.39 is 5.60 Å². The van der Waals surface area contributed by atoms with Crippen LogP contribution in [-0.2, 0) is 4.79 Å². The van der Waals surface area contributed by atoms with Crippen LogP contribution in [0, 0.1) is 0 Å². The summed E-state index contributed by atoms with van der Waals surface area (Å²) in [5.74, 6) is 0.466. The molecule has 1 aromatic carbocycles. The molecule has 18 heavy (non-hydrogen) atoms. The fourth-order valence-electron chi connectivity index (χ4n) is 2.45. The van der Waals surface area contributed by atoms with E-state index in [-0.39, 0.29) is 12.3 Å². The maximum Gasteiger partial charge on any atom is 0.227 e. The Balaban J connectivity index is 1.98. The Labute approximate surface area is 107 Å². The number of aliphatic hydroxyl groups is 1. The van der Waals surface area contributed by atoms with Gasteiger partial charge in [0.2, 0.25) is 5.91 Å². The second-order valence-corrected chi connectivity index (χ2v) is 4.86. The molecule has 0 heterocycles. The van der Waals surface area contributed by atoms with E-state index >= 15 is 0 Å². The maximum atomic E-state index is 11.9. The highest BCUT2D eigenvalue weighted by Gasteiger charge is 2.33. The minimum Gasteiger partial charge on any atom is -0.495 e. The molecule has 0 radical (unpaired) electrons. The topological polar surface area (TPSA) is 58.6 Å². The fraction of sp³-hybridized carbons (Fsp3) is 0.500. The van der Waals surface area contributed by atoms with Gasteiger partial charge in [-0.15, -0.1) is 0 Å². The molecule has 0 aromatic heterocycles. The summed E-state index contributed by atoms with van der Waals surface area (Å²) in [7, 11) is 1.56. The maximum absolute atomic E-state index is 11.9. The van der Waals surface area contributed by atoms with Crippen molar-refractivity contribution in [2.45, 2.75) is 37.7 Å². The van der Waals surface area contributed by atoms with Crippen LogP contribution in [0.2, 0.25) is 0 Å². The van der Waals surface area contributed by atoms with E-state index in [1.165, 1.54) is 0 Å². The number of hydrogen-bond donors (Lipinski definition) is 2. The average molecular weight is 249 g/mol. The van der Waals surface area contributed by atoms with Crippen molar-refractivity contribution in [1.29, 1.82) is 0 Å². The summed E-state index contributed by atoms with van der Waals surface area (Å²) < 4.78 is 5.16. The molecule has 0 bridgehead atoms. The molecular weight excluding hydrogens is 230 g/mol. The van der Waals surface area contributed by atoms with Gasteiger partial charge >= 0.3 is 0 Å². The zero-order valence-electron chi connectivity index (χ0n) is 10.6. The van der Waals surface area contributed by atoms with Gasteiger partial charge in [0.05, 0.1) is 24.8 Å². The van der Waals surface area contributed by atoms with Crippen LogP contribution < -0.4 is 10.1 Å². The minimum atomic E-state index is -0.813. The van der Waals surface area contributed by atoms with E-state index in [0.29, 0.717) is 24.3 Å². The predicted octanol–water partition coefficient (Wildman–Crippen LogP) is 2.33. The lowest BCUT2D eigenvalue weighted by molar-refractivity contribution is -0.120. The Morgan fingerprint density at radius 3 is 2.72 bits per heavy atom. The Morgan fingerprint density at radius 1 is 1.39 bits per heavy atom. The molecule has 0 spiro atoms. The molecule has 1 aliphatic carbocycles. The number of hydrogen-bond acceptors (Lipinski definition) is 3. The van der Waals surface area contributed by atoms with Gasteiger partial charge in [0, 0.05) is 0 Å². The lowest BCUT2D eigenvalue weighted by Crippen LogP contribution is -2.30. The summed E-state index contributed by atoms with van der Waals surface area (Å²) in [5, 5.41) is 13.0. The van der Waals surface area contributed by atoms with Crippen molar-refractivity contribution in [2.75, 3.05) is 12.4 Å². The Hall–Kier alpha value is -1.55. The largest absolute Gasteiger partial charge is 0.495 e. The van der Waals surface area contributed by atoms with Gasteiger partial charge in [-0.1, -0.05) is 25.0 Å². The summed E-state index contributed by atoms with van der Waals surface area (Å²) in [6, 6.07) is 7.26. The molecule has 0 unspecified atom stereocenters. The molecule has 98 valence electrons. The van der Waals surface area contributed by atoms with Crippen LogP contribution in [-0.4, -0.2) is 23.7 Å². The zero-order valence-corrected chi connectivity index (χ0v) is 10.6. The lowest BCUT2D eigenvalue weighted by Gasteiger charge is -2.21. The van der Waals surface area contributed by atoms with E-state index in [4.69, 9.17) is 4.74 Å². The highest BCUT2D eigenvalue weighted by atomic mass is 16.5. The summed E-state index contributed by atoms with van der Waals surface area (Å²) in [6.45, 7) is 0. The molecular formula is C14H19NO3. The van der Waals surface area contributed by atoms with Crippen molar-refractivity contribution in [3.8, 4) is 5.75 Å². The molecule has 4 nitrogen and oxygen atoms in total. The van der Waals surface area contributed by atoms with E-state index in [0.717, 1.165) is 12.8 Å². The monoisotopic (exact) mass is 249 g/mol. The number of nitrogens with one attached hydrogen (secondary N) is 1. The van der Waals surface area contributed by atoms with E-state index in [2.05, 4.69) is 5.32 Å². The van der Waals surface area contributed by atoms with Crippen molar-refractivity contribution in [2.24, 2.45) is 0 Å². The number of carbonyl (C=O) groups is 1. The van der Waals surface area contributed by atoms with Crippen molar-refractivity contribution in [3.63, 3.8) is 0 Å². The van der Waals surface area contributed by atoms with Crippen LogP contribution in [0.5, 0.6) is 5.75 Å². The van der Waals surface area contributed by atoms with Crippen LogP contribution in [0.3, 0.4) is 0 Å². The van der Waals surface area contributed by atoms with Gasteiger partial charge in [-0.2, -0.15) is 0 Å². The first kappa shape index (κ1) is 12.9.